The highest BCUT2D eigenvalue weighted by molar-refractivity contribution is 7.89. The molecule has 1 aromatic rings. The van der Waals surface area contributed by atoms with Crippen LogP contribution in [0.2, 0.25) is 0 Å². The Morgan fingerprint density at radius 3 is 2.14 bits per heavy atom. The first-order chi connectivity index (χ1) is 13.5. The molecule has 1 aromatic heterocycles. The minimum absolute atomic E-state index is 0.0766. The Labute approximate surface area is 172 Å². The lowest BCUT2D eigenvalue weighted by molar-refractivity contribution is -0.133. The van der Waals surface area contributed by atoms with E-state index in [1.165, 1.54) is 34.3 Å². The molecule has 0 saturated carbocycles. The van der Waals surface area contributed by atoms with Gasteiger partial charge in [-0.1, -0.05) is 19.0 Å². The van der Waals surface area contributed by atoms with Crippen molar-refractivity contribution in [1.82, 2.24) is 23.4 Å². The van der Waals surface area contributed by atoms with Crippen molar-refractivity contribution in [3.05, 3.63) is 11.5 Å². The van der Waals surface area contributed by atoms with Gasteiger partial charge in [-0.15, -0.1) is 0 Å². The van der Waals surface area contributed by atoms with Crippen molar-refractivity contribution in [1.29, 1.82) is 0 Å². The molecule has 29 heavy (non-hydrogen) atoms. The standard InChI is InChI=1S/C16H29N5O6S2/c1-6-20(7-2)29(25,26)21-10-8-19(9-11-21)16(22)13(4)18-28(23,24)15-12(3)17-27-14(15)5/h13,18H,6-11H2,1-5H3/t13-/m0/s1. The second-order valence-electron chi connectivity index (χ2n) is 6.81. The summed E-state index contributed by atoms with van der Waals surface area (Å²) in [7, 11) is -7.54. The molecule has 1 fully saturated rings. The zero-order valence-corrected chi connectivity index (χ0v) is 19.0. The summed E-state index contributed by atoms with van der Waals surface area (Å²) in [5, 5.41) is 3.63. The van der Waals surface area contributed by atoms with Crippen LogP contribution < -0.4 is 4.72 Å². The lowest BCUT2D eigenvalue weighted by Crippen LogP contribution is -2.57. The van der Waals surface area contributed by atoms with Gasteiger partial charge in [0.05, 0.1) is 6.04 Å². The summed E-state index contributed by atoms with van der Waals surface area (Å²) in [4.78, 5) is 14.1. The third kappa shape index (κ3) is 4.97. The fraction of sp³-hybridized carbons (Fsp3) is 0.750. The van der Waals surface area contributed by atoms with Crippen molar-refractivity contribution >= 4 is 26.1 Å². The lowest BCUT2D eigenvalue weighted by Gasteiger charge is -2.37. The fourth-order valence-corrected chi connectivity index (χ4v) is 6.46. The van der Waals surface area contributed by atoms with Gasteiger partial charge in [0.15, 0.2) is 5.76 Å². The van der Waals surface area contributed by atoms with E-state index in [0.29, 0.717) is 13.1 Å². The highest BCUT2D eigenvalue weighted by Crippen LogP contribution is 2.19. The van der Waals surface area contributed by atoms with Gasteiger partial charge in [0, 0.05) is 39.3 Å². The maximum Gasteiger partial charge on any atom is 0.282 e. The van der Waals surface area contributed by atoms with Crippen molar-refractivity contribution in [2.45, 2.75) is 45.6 Å². The fourth-order valence-electron chi connectivity index (χ4n) is 3.33. The van der Waals surface area contributed by atoms with Gasteiger partial charge in [0.25, 0.3) is 10.2 Å². The van der Waals surface area contributed by atoms with Crippen molar-refractivity contribution in [3.63, 3.8) is 0 Å². The molecule has 1 amide bonds. The summed E-state index contributed by atoms with van der Waals surface area (Å²) >= 11 is 0. The van der Waals surface area contributed by atoms with Gasteiger partial charge in [-0.2, -0.15) is 21.8 Å². The van der Waals surface area contributed by atoms with E-state index >= 15 is 0 Å². The van der Waals surface area contributed by atoms with E-state index in [-0.39, 0.29) is 42.5 Å². The molecule has 0 aromatic carbocycles. The average molecular weight is 452 g/mol. The monoisotopic (exact) mass is 451 g/mol. The largest absolute Gasteiger partial charge is 0.360 e. The second-order valence-corrected chi connectivity index (χ2v) is 10.4. The molecule has 1 N–H and O–H groups in total. The molecule has 0 unspecified atom stereocenters. The maximum atomic E-state index is 12.7. The number of carbonyl (C=O) groups is 1. The summed E-state index contributed by atoms with van der Waals surface area (Å²) < 4.78 is 60.3. The van der Waals surface area contributed by atoms with Crippen LogP contribution in [0.3, 0.4) is 0 Å². The zero-order valence-electron chi connectivity index (χ0n) is 17.4. The van der Waals surface area contributed by atoms with E-state index in [0.717, 1.165) is 0 Å². The number of carbonyl (C=O) groups excluding carboxylic acids is 1. The Hall–Kier alpha value is -1.54. The van der Waals surface area contributed by atoms with Crippen LogP contribution in [0.4, 0.5) is 0 Å². The lowest BCUT2D eigenvalue weighted by atomic mass is 10.2. The van der Waals surface area contributed by atoms with Gasteiger partial charge in [0.2, 0.25) is 15.9 Å². The molecule has 0 bridgehead atoms. The third-order valence-corrected chi connectivity index (χ3v) is 8.82. The molecule has 11 nitrogen and oxygen atoms in total. The highest BCUT2D eigenvalue weighted by Gasteiger charge is 2.35. The van der Waals surface area contributed by atoms with Crippen LogP contribution in [0.5, 0.6) is 0 Å². The van der Waals surface area contributed by atoms with Gasteiger partial charge < -0.3 is 9.42 Å². The molecule has 1 aliphatic heterocycles. The first kappa shape index (κ1) is 23.7. The molecular weight excluding hydrogens is 422 g/mol. The molecule has 0 spiro atoms. The van der Waals surface area contributed by atoms with E-state index in [1.54, 1.807) is 13.8 Å². The molecular formula is C16H29N5O6S2. The van der Waals surface area contributed by atoms with Gasteiger partial charge in [-0.05, 0) is 20.8 Å². The number of hydrogen-bond donors (Lipinski definition) is 1. The smallest absolute Gasteiger partial charge is 0.282 e. The van der Waals surface area contributed by atoms with Gasteiger partial charge in [-0.3, -0.25) is 4.79 Å². The van der Waals surface area contributed by atoms with Crippen LogP contribution in [-0.4, -0.2) is 86.7 Å². The average Bonchev–Trinajstić information content (AvgIpc) is 3.00. The number of nitrogens with zero attached hydrogens (tertiary/aromatic N) is 4. The van der Waals surface area contributed by atoms with Crippen LogP contribution in [0.25, 0.3) is 0 Å². The predicted octanol–water partition coefficient (Wildman–Crippen LogP) is -0.311. The second kappa shape index (κ2) is 9.08. The Bertz CT molecular complexity index is 912. The minimum Gasteiger partial charge on any atom is -0.360 e. The van der Waals surface area contributed by atoms with Gasteiger partial charge in [-0.25, -0.2) is 8.42 Å². The molecule has 1 saturated heterocycles. The number of rotatable bonds is 8. The summed E-state index contributed by atoms with van der Waals surface area (Å²) in [5.41, 5.74) is 0.213. The number of hydrogen-bond acceptors (Lipinski definition) is 7. The van der Waals surface area contributed by atoms with Crippen LogP contribution in [-0.2, 0) is 25.0 Å². The van der Waals surface area contributed by atoms with Gasteiger partial charge in [0.1, 0.15) is 10.6 Å². The maximum absolute atomic E-state index is 12.7. The number of piperazine rings is 1. The number of aryl methyl sites for hydroxylation is 2. The molecule has 1 aliphatic rings. The zero-order chi connectivity index (χ0) is 22.0. The van der Waals surface area contributed by atoms with E-state index in [9.17, 15) is 21.6 Å². The summed E-state index contributed by atoms with van der Waals surface area (Å²) in [6.45, 7) is 9.44. The molecule has 166 valence electrons. The SMILES string of the molecule is CCN(CC)S(=O)(=O)N1CCN(C(=O)[C@H](C)NS(=O)(=O)c2c(C)noc2C)CC1. The van der Waals surface area contributed by atoms with E-state index in [2.05, 4.69) is 9.88 Å². The normalized spacial score (nSPS) is 17.7. The quantitative estimate of drug-likeness (QED) is 0.573. The molecule has 2 rings (SSSR count). The molecule has 0 aliphatic carbocycles. The third-order valence-electron chi connectivity index (χ3n) is 4.85. The van der Waals surface area contributed by atoms with Crippen LogP contribution in [0.15, 0.2) is 9.42 Å². The van der Waals surface area contributed by atoms with Gasteiger partial charge >= 0.3 is 0 Å². The van der Waals surface area contributed by atoms with Crippen molar-refractivity contribution < 1.29 is 26.2 Å². The first-order valence-electron chi connectivity index (χ1n) is 9.44. The Morgan fingerprint density at radius 2 is 1.69 bits per heavy atom. The summed E-state index contributed by atoms with van der Waals surface area (Å²) in [5.74, 6) is -0.273. The Morgan fingerprint density at radius 1 is 1.14 bits per heavy atom. The van der Waals surface area contributed by atoms with E-state index in [1.807, 2.05) is 0 Å². The molecule has 13 heteroatoms. The van der Waals surface area contributed by atoms with Crippen molar-refractivity contribution in [2.75, 3.05) is 39.3 Å². The van der Waals surface area contributed by atoms with E-state index < -0.39 is 32.2 Å². The highest BCUT2D eigenvalue weighted by atomic mass is 32.2. The predicted molar refractivity (Wildman–Crippen MR) is 106 cm³/mol. The van der Waals surface area contributed by atoms with Crippen molar-refractivity contribution in [3.8, 4) is 0 Å². The number of sulfonamides is 1. The molecule has 2 heterocycles. The Balaban J connectivity index is 2.02. The number of nitrogens with one attached hydrogen (secondary N) is 1. The summed E-state index contributed by atoms with van der Waals surface area (Å²) in [6, 6.07) is -1.01. The summed E-state index contributed by atoms with van der Waals surface area (Å²) in [6.07, 6.45) is 0. The van der Waals surface area contributed by atoms with Crippen LogP contribution >= 0.6 is 0 Å². The number of aromatic nitrogens is 1. The number of amides is 1. The van der Waals surface area contributed by atoms with Crippen LogP contribution in [0, 0.1) is 13.8 Å². The van der Waals surface area contributed by atoms with Crippen molar-refractivity contribution in [2.24, 2.45) is 0 Å². The Kier molecular flexibility index (Phi) is 7.43. The topological polar surface area (TPSA) is 133 Å². The first-order valence-corrected chi connectivity index (χ1v) is 12.3. The van der Waals surface area contributed by atoms with Crippen LogP contribution in [0.1, 0.15) is 32.2 Å². The molecule has 0 radical (unpaired) electrons. The van der Waals surface area contributed by atoms with E-state index in [4.69, 9.17) is 4.52 Å². The molecule has 1 atom stereocenters. The minimum atomic E-state index is -3.98.